The van der Waals surface area contributed by atoms with E-state index in [9.17, 15) is 4.79 Å². The van der Waals surface area contributed by atoms with Crippen LogP contribution in [0.5, 0.6) is 0 Å². The van der Waals surface area contributed by atoms with Crippen molar-refractivity contribution in [3.05, 3.63) is 76.9 Å². The van der Waals surface area contributed by atoms with Gasteiger partial charge in [0.25, 0.3) is 5.91 Å². The number of aromatic amines is 1. The second kappa shape index (κ2) is 7.34. The standard InChI is InChI=1S/C21H20ClN3O/c22-18-8-6-17(7-9-18)20-19(14-23-24-20)21(26)25-12-10-16(11-13-25)15-4-2-1-3-5-15/h1-9,14,16H,10-13H2,(H,23,24). The molecule has 0 radical (unpaired) electrons. The van der Waals surface area contributed by atoms with Gasteiger partial charge < -0.3 is 4.90 Å². The van der Waals surface area contributed by atoms with Crippen molar-refractivity contribution in [2.24, 2.45) is 0 Å². The maximum atomic E-state index is 13.0. The third-order valence-corrected chi connectivity index (χ3v) is 5.31. The molecule has 0 spiro atoms. The highest BCUT2D eigenvalue weighted by Gasteiger charge is 2.26. The molecular weight excluding hydrogens is 346 g/mol. The first-order valence-corrected chi connectivity index (χ1v) is 9.23. The summed E-state index contributed by atoms with van der Waals surface area (Å²) in [6.07, 6.45) is 3.60. The molecule has 0 saturated carbocycles. The summed E-state index contributed by atoms with van der Waals surface area (Å²) in [6.45, 7) is 1.53. The average molecular weight is 366 g/mol. The van der Waals surface area contributed by atoms with Crippen molar-refractivity contribution in [3.63, 3.8) is 0 Å². The molecule has 26 heavy (non-hydrogen) atoms. The van der Waals surface area contributed by atoms with E-state index in [0.717, 1.165) is 37.2 Å². The van der Waals surface area contributed by atoms with E-state index >= 15 is 0 Å². The van der Waals surface area contributed by atoms with Crippen molar-refractivity contribution < 1.29 is 4.79 Å². The summed E-state index contributed by atoms with van der Waals surface area (Å²) < 4.78 is 0. The average Bonchev–Trinajstić information content (AvgIpc) is 3.19. The number of rotatable bonds is 3. The first-order chi connectivity index (χ1) is 12.7. The van der Waals surface area contributed by atoms with Gasteiger partial charge in [-0.1, -0.05) is 54.1 Å². The molecule has 1 amide bonds. The molecule has 4 rings (SSSR count). The van der Waals surface area contributed by atoms with Gasteiger partial charge in [-0.3, -0.25) is 9.89 Å². The fourth-order valence-electron chi connectivity index (χ4n) is 3.60. The zero-order chi connectivity index (χ0) is 17.9. The molecule has 0 atom stereocenters. The molecule has 5 heteroatoms. The smallest absolute Gasteiger partial charge is 0.257 e. The Balaban J connectivity index is 1.48. The molecule has 132 valence electrons. The quantitative estimate of drug-likeness (QED) is 0.728. The summed E-state index contributed by atoms with van der Waals surface area (Å²) in [5.41, 5.74) is 3.64. The van der Waals surface area contributed by atoms with E-state index in [-0.39, 0.29) is 5.91 Å². The van der Waals surface area contributed by atoms with Gasteiger partial charge in [-0.2, -0.15) is 5.10 Å². The van der Waals surface area contributed by atoms with E-state index in [2.05, 4.69) is 34.5 Å². The minimum atomic E-state index is 0.0372. The van der Waals surface area contributed by atoms with Crippen molar-refractivity contribution in [3.8, 4) is 11.3 Å². The van der Waals surface area contributed by atoms with E-state index in [0.29, 0.717) is 16.5 Å². The maximum Gasteiger partial charge on any atom is 0.257 e. The van der Waals surface area contributed by atoms with Crippen LogP contribution >= 0.6 is 11.6 Å². The van der Waals surface area contributed by atoms with Crippen molar-refractivity contribution in [2.45, 2.75) is 18.8 Å². The predicted molar refractivity (Wildman–Crippen MR) is 103 cm³/mol. The highest BCUT2D eigenvalue weighted by Crippen LogP contribution is 2.30. The van der Waals surface area contributed by atoms with Gasteiger partial charge in [-0.15, -0.1) is 0 Å². The topological polar surface area (TPSA) is 49.0 Å². The minimum Gasteiger partial charge on any atom is -0.338 e. The van der Waals surface area contributed by atoms with Crippen LogP contribution in [0.3, 0.4) is 0 Å². The highest BCUT2D eigenvalue weighted by molar-refractivity contribution is 6.30. The fraction of sp³-hybridized carbons (Fsp3) is 0.238. The Labute approximate surface area is 157 Å². The highest BCUT2D eigenvalue weighted by atomic mass is 35.5. The van der Waals surface area contributed by atoms with E-state index in [1.807, 2.05) is 35.2 Å². The van der Waals surface area contributed by atoms with Crippen LogP contribution in [-0.4, -0.2) is 34.1 Å². The molecule has 1 aliphatic heterocycles. The van der Waals surface area contributed by atoms with Crippen LogP contribution in [0.4, 0.5) is 0 Å². The van der Waals surface area contributed by atoms with Crippen molar-refractivity contribution in [1.29, 1.82) is 0 Å². The third kappa shape index (κ3) is 3.37. The van der Waals surface area contributed by atoms with Crippen LogP contribution in [-0.2, 0) is 0 Å². The number of hydrogen-bond donors (Lipinski definition) is 1. The maximum absolute atomic E-state index is 13.0. The van der Waals surface area contributed by atoms with Crippen LogP contribution in [0.15, 0.2) is 60.8 Å². The number of carbonyl (C=O) groups excluding carboxylic acids is 1. The number of nitrogens with one attached hydrogen (secondary N) is 1. The fourth-order valence-corrected chi connectivity index (χ4v) is 3.72. The Morgan fingerprint density at radius 2 is 1.73 bits per heavy atom. The number of nitrogens with zero attached hydrogens (tertiary/aromatic N) is 2. The Morgan fingerprint density at radius 1 is 1.04 bits per heavy atom. The number of likely N-dealkylation sites (tertiary alicyclic amines) is 1. The van der Waals surface area contributed by atoms with Gasteiger partial charge >= 0.3 is 0 Å². The lowest BCUT2D eigenvalue weighted by molar-refractivity contribution is 0.0714. The van der Waals surface area contributed by atoms with Crippen molar-refractivity contribution in [2.75, 3.05) is 13.1 Å². The lowest BCUT2D eigenvalue weighted by atomic mass is 9.89. The molecule has 4 nitrogen and oxygen atoms in total. The molecule has 3 aromatic rings. The van der Waals surface area contributed by atoms with Crippen LogP contribution in [0, 0.1) is 0 Å². The monoisotopic (exact) mass is 365 g/mol. The molecular formula is C21H20ClN3O. The Hall–Kier alpha value is -2.59. The number of benzene rings is 2. The largest absolute Gasteiger partial charge is 0.338 e. The van der Waals surface area contributed by atoms with Gasteiger partial charge in [-0.25, -0.2) is 0 Å². The predicted octanol–water partition coefficient (Wildman–Crippen LogP) is 4.75. The molecule has 0 bridgehead atoms. The number of piperidine rings is 1. The zero-order valence-electron chi connectivity index (χ0n) is 14.4. The lowest BCUT2D eigenvalue weighted by Gasteiger charge is -2.32. The van der Waals surface area contributed by atoms with Crippen LogP contribution < -0.4 is 0 Å². The summed E-state index contributed by atoms with van der Waals surface area (Å²) in [5, 5.41) is 7.72. The number of H-pyrrole nitrogens is 1. The second-order valence-corrected chi connectivity index (χ2v) is 7.08. The van der Waals surface area contributed by atoms with Gasteiger partial charge in [0.1, 0.15) is 0 Å². The van der Waals surface area contributed by atoms with Crippen LogP contribution in [0.1, 0.15) is 34.7 Å². The number of aromatic nitrogens is 2. The molecule has 0 aliphatic carbocycles. The summed E-state index contributed by atoms with van der Waals surface area (Å²) in [6, 6.07) is 18.0. The van der Waals surface area contributed by atoms with E-state index < -0.39 is 0 Å². The first kappa shape index (κ1) is 16.9. The normalized spacial score (nSPS) is 15.2. The minimum absolute atomic E-state index is 0.0372. The summed E-state index contributed by atoms with van der Waals surface area (Å²) >= 11 is 5.96. The Kier molecular flexibility index (Phi) is 4.76. The SMILES string of the molecule is O=C(c1cn[nH]c1-c1ccc(Cl)cc1)N1CCC(c2ccccc2)CC1. The summed E-state index contributed by atoms with van der Waals surface area (Å²) in [5.74, 6) is 0.565. The summed E-state index contributed by atoms with van der Waals surface area (Å²) in [7, 11) is 0. The second-order valence-electron chi connectivity index (χ2n) is 6.64. The molecule has 1 saturated heterocycles. The molecule has 1 N–H and O–H groups in total. The Bertz CT molecular complexity index is 881. The first-order valence-electron chi connectivity index (χ1n) is 8.86. The molecule has 1 aliphatic rings. The molecule has 2 aromatic carbocycles. The number of carbonyl (C=O) groups is 1. The summed E-state index contributed by atoms with van der Waals surface area (Å²) in [4.78, 5) is 14.9. The van der Waals surface area contributed by atoms with Gasteiger partial charge in [0.2, 0.25) is 0 Å². The van der Waals surface area contributed by atoms with E-state index in [4.69, 9.17) is 11.6 Å². The van der Waals surface area contributed by atoms with Gasteiger partial charge in [0, 0.05) is 23.7 Å². The van der Waals surface area contributed by atoms with Crippen LogP contribution in [0.2, 0.25) is 5.02 Å². The number of hydrogen-bond acceptors (Lipinski definition) is 2. The van der Waals surface area contributed by atoms with E-state index in [1.54, 1.807) is 6.20 Å². The van der Waals surface area contributed by atoms with Crippen molar-refractivity contribution >= 4 is 17.5 Å². The molecule has 2 heterocycles. The lowest BCUT2D eigenvalue weighted by Crippen LogP contribution is -2.38. The van der Waals surface area contributed by atoms with Crippen LogP contribution in [0.25, 0.3) is 11.3 Å². The molecule has 1 fully saturated rings. The molecule has 1 aromatic heterocycles. The third-order valence-electron chi connectivity index (χ3n) is 5.06. The van der Waals surface area contributed by atoms with E-state index in [1.165, 1.54) is 5.56 Å². The number of halogens is 1. The zero-order valence-corrected chi connectivity index (χ0v) is 15.1. The van der Waals surface area contributed by atoms with Gasteiger partial charge in [0.15, 0.2) is 0 Å². The van der Waals surface area contributed by atoms with Crippen molar-refractivity contribution in [1.82, 2.24) is 15.1 Å². The van der Waals surface area contributed by atoms with Gasteiger partial charge in [0.05, 0.1) is 17.5 Å². The Morgan fingerprint density at radius 3 is 2.42 bits per heavy atom. The number of amides is 1. The molecule has 0 unspecified atom stereocenters. The van der Waals surface area contributed by atoms with Gasteiger partial charge in [-0.05, 0) is 36.5 Å².